The van der Waals surface area contributed by atoms with Crippen molar-refractivity contribution in [2.24, 2.45) is 5.92 Å². The zero-order valence-electron chi connectivity index (χ0n) is 6.35. The Morgan fingerprint density at radius 3 is 2.50 bits per heavy atom. The second kappa shape index (κ2) is 4.79. The summed E-state index contributed by atoms with van der Waals surface area (Å²) in [7, 11) is 0. The third kappa shape index (κ3) is 2.74. The fourth-order valence-corrected chi connectivity index (χ4v) is 1.67. The van der Waals surface area contributed by atoms with E-state index in [-0.39, 0.29) is 0 Å². The van der Waals surface area contributed by atoms with Gasteiger partial charge in [0, 0.05) is 5.88 Å². The molecule has 0 aromatic heterocycles. The molecular weight excluding hydrogens is 144 g/mol. The van der Waals surface area contributed by atoms with Gasteiger partial charge in [0.25, 0.3) is 0 Å². The molecule has 0 amide bonds. The predicted octanol–water partition coefficient (Wildman–Crippen LogP) is 3.36. The largest absolute Gasteiger partial charge is 0.122 e. The molecule has 1 saturated carbocycles. The molecule has 0 saturated heterocycles. The molecule has 0 bridgehead atoms. The molecule has 1 aliphatic carbocycles. The lowest BCUT2D eigenvalue weighted by Gasteiger charge is -2.17. The summed E-state index contributed by atoms with van der Waals surface area (Å²) >= 11 is 5.53. The monoisotopic (exact) mass is 158 g/mol. The summed E-state index contributed by atoms with van der Waals surface area (Å²) in [6.45, 7) is 0. The zero-order valence-corrected chi connectivity index (χ0v) is 7.11. The van der Waals surface area contributed by atoms with Crippen LogP contribution < -0.4 is 0 Å². The molecule has 1 fully saturated rings. The van der Waals surface area contributed by atoms with Gasteiger partial charge in [0.1, 0.15) is 0 Å². The Bertz CT molecular complexity index is 101. The number of alkyl halides is 1. The normalized spacial score (nSPS) is 22.1. The van der Waals surface area contributed by atoms with Crippen LogP contribution in [0.4, 0.5) is 0 Å². The van der Waals surface area contributed by atoms with Crippen molar-refractivity contribution in [2.75, 3.05) is 5.88 Å². The molecule has 0 unspecified atom stereocenters. The van der Waals surface area contributed by atoms with Crippen molar-refractivity contribution in [3.05, 3.63) is 12.2 Å². The third-order valence-electron chi connectivity index (χ3n) is 2.15. The van der Waals surface area contributed by atoms with Crippen LogP contribution >= 0.6 is 11.6 Å². The van der Waals surface area contributed by atoms with Crippen molar-refractivity contribution in [3.8, 4) is 0 Å². The molecule has 0 aliphatic heterocycles. The van der Waals surface area contributed by atoms with Gasteiger partial charge in [-0.3, -0.25) is 0 Å². The number of hydrogen-bond acceptors (Lipinski definition) is 0. The minimum atomic E-state index is 0.677. The highest BCUT2D eigenvalue weighted by molar-refractivity contribution is 6.18. The van der Waals surface area contributed by atoms with Crippen LogP contribution in [0.15, 0.2) is 12.2 Å². The summed E-state index contributed by atoms with van der Waals surface area (Å²) in [5.41, 5.74) is 0. The van der Waals surface area contributed by atoms with Crippen LogP contribution in [-0.4, -0.2) is 5.88 Å². The van der Waals surface area contributed by atoms with E-state index in [1.807, 2.05) is 0 Å². The Hall–Kier alpha value is 0.0300. The molecule has 1 heteroatoms. The number of halogens is 1. The smallest absolute Gasteiger partial charge is 0.0404 e. The molecule has 0 nitrogen and oxygen atoms in total. The number of hydrogen-bond donors (Lipinski definition) is 0. The Morgan fingerprint density at radius 1 is 1.20 bits per heavy atom. The summed E-state index contributed by atoms with van der Waals surface area (Å²) in [6, 6.07) is 0. The molecule has 0 heterocycles. The Balaban J connectivity index is 2.19. The summed E-state index contributed by atoms with van der Waals surface area (Å²) in [4.78, 5) is 0. The maximum atomic E-state index is 5.53. The molecule has 0 atom stereocenters. The molecule has 0 radical (unpaired) electrons. The Labute approximate surface area is 68.3 Å². The minimum absolute atomic E-state index is 0.677. The van der Waals surface area contributed by atoms with Gasteiger partial charge in [0.2, 0.25) is 0 Å². The quantitative estimate of drug-likeness (QED) is 0.427. The minimum Gasteiger partial charge on any atom is -0.122 e. The Morgan fingerprint density at radius 2 is 1.90 bits per heavy atom. The van der Waals surface area contributed by atoms with Crippen LogP contribution in [0.1, 0.15) is 32.1 Å². The van der Waals surface area contributed by atoms with Gasteiger partial charge >= 0.3 is 0 Å². The lowest BCUT2D eigenvalue weighted by atomic mass is 9.89. The standard InChI is InChI=1S/C9H15Cl/c10-8-4-7-9-5-2-1-3-6-9/h4,7,9H,1-3,5-6,8H2/b7-4-. The molecule has 1 aliphatic rings. The van der Waals surface area contributed by atoms with Crippen LogP contribution in [0.5, 0.6) is 0 Å². The van der Waals surface area contributed by atoms with Crippen molar-refractivity contribution in [3.63, 3.8) is 0 Å². The van der Waals surface area contributed by atoms with Crippen molar-refractivity contribution in [2.45, 2.75) is 32.1 Å². The van der Waals surface area contributed by atoms with Gasteiger partial charge in [0.05, 0.1) is 0 Å². The van der Waals surface area contributed by atoms with E-state index in [0.29, 0.717) is 5.88 Å². The SMILES string of the molecule is ClC/C=C\C1CCCCC1. The van der Waals surface area contributed by atoms with Gasteiger partial charge in [-0.2, -0.15) is 0 Å². The second-order valence-corrected chi connectivity index (χ2v) is 3.29. The fourth-order valence-electron chi connectivity index (χ4n) is 1.57. The van der Waals surface area contributed by atoms with Crippen LogP contribution in [-0.2, 0) is 0 Å². The number of rotatable bonds is 2. The second-order valence-electron chi connectivity index (χ2n) is 2.98. The summed E-state index contributed by atoms with van der Waals surface area (Å²) in [6.07, 6.45) is 11.4. The van der Waals surface area contributed by atoms with Crippen molar-refractivity contribution < 1.29 is 0 Å². The van der Waals surface area contributed by atoms with Crippen LogP contribution in [0, 0.1) is 5.92 Å². The molecule has 0 aromatic rings. The fraction of sp³-hybridized carbons (Fsp3) is 0.778. The summed E-state index contributed by atoms with van der Waals surface area (Å²) in [5.74, 6) is 1.52. The van der Waals surface area contributed by atoms with E-state index in [1.54, 1.807) is 0 Å². The van der Waals surface area contributed by atoms with Crippen LogP contribution in [0.3, 0.4) is 0 Å². The molecule has 1 rings (SSSR count). The van der Waals surface area contributed by atoms with Crippen molar-refractivity contribution in [1.29, 1.82) is 0 Å². The third-order valence-corrected chi connectivity index (χ3v) is 2.33. The van der Waals surface area contributed by atoms with Gasteiger partial charge in [-0.1, -0.05) is 31.4 Å². The topological polar surface area (TPSA) is 0 Å². The van der Waals surface area contributed by atoms with Gasteiger partial charge in [0.15, 0.2) is 0 Å². The molecular formula is C9H15Cl. The number of allylic oxidation sites excluding steroid dienone is 2. The predicted molar refractivity (Wildman–Crippen MR) is 46.4 cm³/mol. The molecule has 58 valence electrons. The van der Waals surface area contributed by atoms with Crippen LogP contribution in [0.2, 0.25) is 0 Å². The maximum Gasteiger partial charge on any atom is 0.0404 e. The zero-order chi connectivity index (χ0) is 7.23. The molecule has 0 spiro atoms. The first-order valence-corrected chi connectivity index (χ1v) is 4.69. The van der Waals surface area contributed by atoms with E-state index in [1.165, 1.54) is 32.1 Å². The molecule has 10 heavy (non-hydrogen) atoms. The average molecular weight is 159 g/mol. The first-order valence-electron chi connectivity index (χ1n) is 4.16. The first kappa shape index (κ1) is 8.13. The summed E-state index contributed by atoms with van der Waals surface area (Å²) < 4.78 is 0. The van der Waals surface area contributed by atoms with Gasteiger partial charge in [-0.15, -0.1) is 11.6 Å². The molecule has 0 aromatic carbocycles. The highest BCUT2D eigenvalue weighted by atomic mass is 35.5. The Kier molecular flexibility index (Phi) is 3.89. The average Bonchev–Trinajstić information content (AvgIpc) is 2.03. The lowest BCUT2D eigenvalue weighted by Crippen LogP contribution is -2.02. The highest BCUT2D eigenvalue weighted by Gasteiger charge is 2.08. The van der Waals surface area contributed by atoms with E-state index >= 15 is 0 Å². The van der Waals surface area contributed by atoms with E-state index < -0.39 is 0 Å². The van der Waals surface area contributed by atoms with Gasteiger partial charge < -0.3 is 0 Å². The van der Waals surface area contributed by atoms with Gasteiger partial charge in [-0.25, -0.2) is 0 Å². The first-order chi connectivity index (χ1) is 4.93. The van der Waals surface area contributed by atoms with Crippen molar-refractivity contribution >= 4 is 11.6 Å². The van der Waals surface area contributed by atoms with E-state index in [4.69, 9.17) is 11.6 Å². The van der Waals surface area contributed by atoms with E-state index in [2.05, 4.69) is 12.2 Å². The molecule has 0 N–H and O–H groups in total. The summed E-state index contributed by atoms with van der Waals surface area (Å²) in [5, 5.41) is 0. The lowest BCUT2D eigenvalue weighted by molar-refractivity contribution is 0.419. The van der Waals surface area contributed by atoms with Crippen molar-refractivity contribution in [1.82, 2.24) is 0 Å². The van der Waals surface area contributed by atoms with E-state index in [0.717, 1.165) is 5.92 Å². The van der Waals surface area contributed by atoms with E-state index in [9.17, 15) is 0 Å². The van der Waals surface area contributed by atoms with Crippen LogP contribution in [0.25, 0.3) is 0 Å². The highest BCUT2D eigenvalue weighted by Crippen LogP contribution is 2.24. The maximum absolute atomic E-state index is 5.53. The van der Waals surface area contributed by atoms with Gasteiger partial charge in [-0.05, 0) is 18.8 Å².